The van der Waals surface area contributed by atoms with Crippen LogP contribution < -0.4 is 0 Å². The largest absolute Gasteiger partial charge is 0.481 e. The molecule has 0 aliphatic carbocycles. The topological polar surface area (TPSA) is 54.4 Å². The van der Waals surface area contributed by atoms with Crippen LogP contribution in [0, 0.1) is 14.9 Å². The average molecular weight is 329 g/mol. The van der Waals surface area contributed by atoms with Gasteiger partial charge in [-0.15, -0.1) is 0 Å². The number of carbonyl (C=O) groups excluding carboxylic acids is 1. The third-order valence-corrected chi connectivity index (χ3v) is 0.400. The fraction of sp³-hybridized carbons (Fsp3) is 0.333. The van der Waals surface area contributed by atoms with Crippen molar-refractivity contribution >= 4 is 11.8 Å². The van der Waals surface area contributed by atoms with Crippen LogP contribution in [-0.4, -0.2) is 16.9 Å². The molecule has 0 spiro atoms. The number of hydrogen-bond acceptors (Lipinski definition) is 2. The first-order valence-corrected chi connectivity index (χ1v) is 1.84. The zero-order chi connectivity index (χ0) is 5.86. The van der Waals surface area contributed by atoms with Crippen LogP contribution in [0.2, 0.25) is 0 Å². The number of carboxylic acids is 1. The maximum absolute atomic E-state index is 9.87. The second-order valence-electron chi connectivity index (χ2n) is 1.27. The Morgan fingerprint density at radius 1 is 1.30 bits per heavy atom. The zero-order valence-corrected chi connectivity index (χ0v) is 8.44. The molecule has 3 nitrogen and oxygen atoms in total. The van der Waals surface area contributed by atoms with Crippen molar-refractivity contribution in [3.8, 4) is 0 Å². The molecule has 0 aliphatic heterocycles. The summed E-state index contributed by atoms with van der Waals surface area (Å²) >= 11 is 0. The second kappa shape index (κ2) is 11.6. The first-order valence-electron chi connectivity index (χ1n) is 1.84. The summed E-state index contributed by atoms with van der Waals surface area (Å²) in [6, 6.07) is 0. The van der Waals surface area contributed by atoms with E-state index in [1.807, 2.05) is 0 Å². The van der Waals surface area contributed by atoms with Crippen molar-refractivity contribution in [2.45, 2.75) is 13.3 Å². The molecule has 0 aliphatic rings. The quantitative estimate of drug-likeness (QED) is 0.466. The zero-order valence-electron chi connectivity index (χ0n) is 6.27. The molecular weight excluding hydrogens is 317 g/mol. The number of aliphatic carboxylic acids is 1. The van der Waals surface area contributed by atoms with Gasteiger partial charge in [0.2, 0.25) is 0 Å². The smallest absolute Gasteiger partial charge is 0.310 e. The fourth-order valence-corrected chi connectivity index (χ4v) is 0.213. The van der Waals surface area contributed by atoms with Gasteiger partial charge < -0.3 is 20.0 Å². The van der Waals surface area contributed by atoms with Crippen LogP contribution in [0.3, 0.4) is 0 Å². The van der Waals surface area contributed by atoms with E-state index in [1.54, 1.807) is 0 Å². The SMILES string of the molecule is CC(=O)CC(=O)O.[Au].[CH3-].[CH3-]. The van der Waals surface area contributed by atoms with Crippen molar-refractivity contribution in [3.63, 3.8) is 0 Å². The summed E-state index contributed by atoms with van der Waals surface area (Å²) in [6.07, 6.45) is -0.361. The van der Waals surface area contributed by atoms with Gasteiger partial charge in [-0.2, -0.15) is 0 Å². The van der Waals surface area contributed by atoms with Crippen LogP contribution in [0.4, 0.5) is 0 Å². The summed E-state index contributed by atoms with van der Waals surface area (Å²) in [6.45, 7) is 1.24. The summed E-state index contributed by atoms with van der Waals surface area (Å²) < 4.78 is 0. The van der Waals surface area contributed by atoms with Crippen LogP contribution in [0.15, 0.2) is 0 Å². The molecule has 0 fully saturated rings. The van der Waals surface area contributed by atoms with Crippen molar-refractivity contribution in [2.24, 2.45) is 0 Å². The number of rotatable bonds is 2. The van der Waals surface area contributed by atoms with Crippen LogP contribution in [0.5, 0.6) is 0 Å². The Morgan fingerprint density at radius 3 is 1.60 bits per heavy atom. The first kappa shape index (κ1) is 22.5. The van der Waals surface area contributed by atoms with Crippen molar-refractivity contribution in [1.29, 1.82) is 0 Å². The molecule has 1 radical (unpaired) electrons. The number of ketones is 1. The van der Waals surface area contributed by atoms with E-state index < -0.39 is 5.97 Å². The monoisotopic (exact) mass is 329 g/mol. The van der Waals surface area contributed by atoms with Crippen LogP contribution >= 0.6 is 0 Å². The third kappa shape index (κ3) is 24.8. The van der Waals surface area contributed by atoms with Gasteiger partial charge in [0.25, 0.3) is 0 Å². The molecule has 0 bridgehead atoms. The van der Waals surface area contributed by atoms with Crippen molar-refractivity contribution in [3.05, 3.63) is 14.9 Å². The molecule has 0 saturated carbocycles. The van der Waals surface area contributed by atoms with E-state index in [1.165, 1.54) is 6.92 Å². The molecule has 0 saturated heterocycles. The van der Waals surface area contributed by atoms with Gasteiger partial charge in [-0.1, -0.05) is 0 Å². The molecule has 0 heterocycles. The summed E-state index contributed by atoms with van der Waals surface area (Å²) in [5.41, 5.74) is 0. The number of carbonyl (C=O) groups is 2. The molecule has 1 N–H and O–H groups in total. The van der Waals surface area contributed by atoms with Gasteiger partial charge in [0.05, 0.1) is 0 Å². The minimum absolute atomic E-state index is 0. The number of hydrogen-bond donors (Lipinski definition) is 1. The normalized spacial score (nSPS) is 5.70. The Balaban J connectivity index is -0.0000000600. The summed E-state index contributed by atoms with van der Waals surface area (Å²) in [5.74, 6) is -1.37. The van der Waals surface area contributed by atoms with Crippen molar-refractivity contribution in [1.82, 2.24) is 0 Å². The molecule has 4 heteroatoms. The fourth-order valence-electron chi connectivity index (χ4n) is 0.213. The maximum Gasteiger partial charge on any atom is 0.310 e. The van der Waals surface area contributed by atoms with E-state index in [-0.39, 0.29) is 49.4 Å². The van der Waals surface area contributed by atoms with E-state index >= 15 is 0 Å². The predicted octanol–water partition coefficient (Wildman–Crippen LogP) is 0.948. The van der Waals surface area contributed by atoms with E-state index in [9.17, 15) is 9.59 Å². The van der Waals surface area contributed by atoms with Gasteiger partial charge in [0, 0.05) is 22.4 Å². The van der Waals surface area contributed by atoms with Gasteiger partial charge in [-0.3, -0.25) is 9.59 Å². The number of Topliss-reactive ketones (excluding diaryl/α,β-unsaturated/α-hetero) is 1. The van der Waals surface area contributed by atoms with Crippen LogP contribution in [-0.2, 0) is 32.0 Å². The second-order valence-corrected chi connectivity index (χ2v) is 1.27. The van der Waals surface area contributed by atoms with Gasteiger partial charge >= 0.3 is 5.97 Å². The van der Waals surface area contributed by atoms with Crippen LogP contribution in [0.1, 0.15) is 13.3 Å². The Bertz CT molecular complexity index is 89.2. The molecule has 0 aromatic carbocycles. The summed E-state index contributed by atoms with van der Waals surface area (Å²) in [5, 5.41) is 7.86. The van der Waals surface area contributed by atoms with Gasteiger partial charge in [0.1, 0.15) is 12.2 Å². The molecule has 0 atom stereocenters. The summed E-state index contributed by atoms with van der Waals surface area (Å²) in [7, 11) is 0. The molecule has 0 aromatic rings. The Kier molecular flexibility index (Phi) is 26.2. The van der Waals surface area contributed by atoms with Crippen molar-refractivity contribution < 1.29 is 37.1 Å². The standard InChI is InChI=1S/C4H6O3.2CH3.Au/c1-3(5)2-4(6)7;;;/h2H2,1H3,(H,6,7);2*1H3;/q;2*-1;. The minimum Gasteiger partial charge on any atom is -0.481 e. The molecule has 10 heavy (non-hydrogen) atoms. The van der Waals surface area contributed by atoms with Crippen LogP contribution in [0.25, 0.3) is 0 Å². The van der Waals surface area contributed by atoms with Gasteiger partial charge in [-0.05, 0) is 6.92 Å². The maximum atomic E-state index is 9.87. The molecule has 0 unspecified atom stereocenters. The molecule has 67 valence electrons. The minimum atomic E-state index is -1.06. The van der Waals surface area contributed by atoms with E-state index in [4.69, 9.17) is 5.11 Å². The van der Waals surface area contributed by atoms with Crippen molar-refractivity contribution in [2.75, 3.05) is 0 Å². The number of carboxylic acid groups (broad SMARTS) is 1. The van der Waals surface area contributed by atoms with Gasteiger partial charge in [-0.25, -0.2) is 0 Å². The van der Waals surface area contributed by atoms with E-state index in [2.05, 4.69) is 0 Å². The molecular formula is C6H12AuO3-2. The molecule has 0 aromatic heterocycles. The van der Waals surface area contributed by atoms with E-state index in [0.29, 0.717) is 0 Å². The first-order chi connectivity index (χ1) is 3.13. The Hall–Kier alpha value is -0.120. The predicted molar refractivity (Wildman–Crippen MR) is 35.8 cm³/mol. The molecule has 0 amide bonds. The average Bonchev–Trinajstić information content (AvgIpc) is 1.27. The Morgan fingerprint density at radius 2 is 1.60 bits per heavy atom. The van der Waals surface area contributed by atoms with E-state index in [0.717, 1.165) is 0 Å². The molecule has 0 rings (SSSR count). The Labute approximate surface area is 77.3 Å². The summed E-state index contributed by atoms with van der Waals surface area (Å²) in [4.78, 5) is 19.5. The third-order valence-electron chi connectivity index (χ3n) is 0.400. The van der Waals surface area contributed by atoms with Gasteiger partial charge in [0.15, 0.2) is 0 Å².